The number of aryl methyl sites for hydroxylation is 1. The first kappa shape index (κ1) is 10.2. The summed E-state index contributed by atoms with van der Waals surface area (Å²) < 4.78 is 6.97. The Hall–Kier alpha value is -1.30. The van der Waals surface area contributed by atoms with E-state index in [1.165, 1.54) is 0 Å². The predicted octanol–water partition coefficient (Wildman–Crippen LogP) is 1.22. The molecular weight excluding hydrogens is 216 g/mol. The molecule has 2 aromatic rings. The summed E-state index contributed by atoms with van der Waals surface area (Å²) >= 11 is 5.69. The maximum atomic E-state index is 5.69. The molecule has 2 heterocycles. The summed E-state index contributed by atoms with van der Waals surface area (Å²) in [5.41, 5.74) is 3.42. The van der Waals surface area contributed by atoms with Crippen molar-refractivity contribution in [3.63, 3.8) is 0 Å². The molecule has 3 N–H and O–H groups in total. The van der Waals surface area contributed by atoms with Gasteiger partial charge < -0.3 is 4.42 Å². The monoisotopic (exact) mass is 226 g/mol. The zero-order valence-corrected chi connectivity index (χ0v) is 8.90. The molecule has 1 atom stereocenters. The molecule has 0 spiro atoms. The minimum absolute atomic E-state index is 0.279. The molecule has 5 nitrogen and oxygen atoms in total. The van der Waals surface area contributed by atoms with Crippen molar-refractivity contribution in [1.29, 1.82) is 0 Å². The van der Waals surface area contributed by atoms with Crippen molar-refractivity contribution in [2.24, 2.45) is 12.9 Å². The maximum Gasteiger partial charge on any atom is 0.193 e. The van der Waals surface area contributed by atoms with Crippen LogP contribution >= 0.6 is 11.6 Å². The second-order valence-corrected chi connectivity index (χ2v) is 3.53. The van der Waals surface area contributed by atoms with Gasteiger partial charge >= 0.3 is 0 Å². The van der Waals surface area contributed by atoms with Crippen LogP contribution in [0.2, 0.25) is 5.22 Å². The van der Waals surface area contributed by atoms with Crippen molar-refractivity contribution in [1.82, 2.24) is 15.2 Å². The molecular formula is C9H11ClN4O. The number of rotatable bonds is 3. The minimum atomic E-state index is -0.279. The summed E-state index contributed by atoms with van der Waals surface area (Å²) in [6.45, 7) is 0. The fourth-order valence-electron chi connectivity index (χ4n) is 1.38. The maximum absolute atomic E-state index is 5.69. The Bertz CT molecular complexity index is 410. The predicted molar refractivity (Wildman–Crippen MR) is 56.1 cm³/mol. The van der Waals surface area contributed by atoms with E-state index in [-0.39, 0.29) is 6.04 Å². The average Bonchev–Trinajstić information content (AvgIpc) is 2.78. The van der Waals surface area contributed by atoms with Gasteiger partial charge in [0.25, 0.3) is 0 Å². The number of aromatic nitrogens is 2. The second-order valence-electron chi connectivity index (χ2n) is 3.16. The quantitative estimate of drug-likeness (QED) is 0.610. The minimum Gasteiger partial charge on any atom is -0.448 e. The van der Waals surface area contributed by atoms with Gasteiger partial charge in [-0.15, -0.1) is 0 Å². The molecule has 80 valence electrons. The Morgan fingerprint density at radius 1 is 1.53 bits per heavy atom. The smallest absolute Gasteiger partial charge is 0.193 e. The van der Waals surface area contributed by atoms with E-state index in [0.29, 0.717) is 11.0 Å². The van der Waals surface area contributed by atoms with E-state index >= 15 is 0 Å². The van der Waals surface area contributed by atoms with E-state index in [0.717, 1.165) is 5.69 Å². The van der Waals surface area contributed by atoms with Gasteiger partial charge in [0, 0.05) is 13.2 Å². The van der Waals surface area contributed by atoms with E-state index < -0.39 is 0 Å². The lowest BCUT2D eigenvalue weighted by molar-refractivity contribution is 0.446. The molecule has 0 aliphatic carbocycles. The highest BCUT2D eigenvalue weighted by atomic mass is 35.5. The van der Waals surface area contributed by atoms with Crippen molar-refractivity contribution in [3.8, 4) is 0 Å². The summed E-state index contributed by atoms with van der Waals surface area (Å²) in [5, 5.41) is 4.57. The number of furan rings is 1. The van der Waals surface area contributed by atoms with E-state index in [1.807, 2.05) is 19.3 Å². The van der Waals surface area contributed by atoms with Crippen LogP contribution in [0.15, 0.2) is 28.8 Å². The van der Waals surface area contributed by atoms with Crippen molar-refractivity contribution in [2.45, 2.75) is 6.04 Å². The molecule has 1 unspecified atom stereocenters. The van der Waals surface area contributed by atoms with Gasteiger partial charge in [0.1, 0.15) is 11.8 Å². The van der Waals surface area contributed by atoms with Crippen LogP contribution in [0, 0.1) is 0 Å². The first-order valence-electron chi connectivity index (χ1n) is 4.41. The molecule has 0 amide bonds. The van der Waals surface area contributed by atoms with Gasteiger partial charge in [-0.1, -0.05) is 0 Å². The lowest BCUT2D eigenvalue weighted by Crippen LogP contribution is -2.28. The molecule has 0 aromatic carbocycles. The van der Waals surface area contributed by atoms with Crippen LogP contribution < -0.4 is 11.3 Å². The van der Waals surface area contributed by atoms with Crippen LogP contribution in [0.1, 0.15) is 17.5 Å². The fraction of sp³-hybridized carbons (Fsp3) is 0.222. The fourth-order valence-corrected chi connectivity index (χ4v) is 1.54. The largest absolute Gasteiger partial charge is 0.448 e. The van der Waals surface area contributed by atoms with Gasteiger partial charge in [0.05, 0.1) is 5.69 Å². The number of nitrogens with zero attached hydrogens (tertiary/aromatic N) is 2. The van der Waals surface area contributed by atoms with Crippen LogP contribution in [-0.2, 0) is 7.05 Å². The Morgan fingerprint density at radius 2 is 2.33 bits per heavy atom. The highest BCUT2D eigenvalue weighted by Gasteiger charge is 2.18. The number of nitrogens with one attached hydrogen (secondary N) is 1. The van der Waals surface area contributed by atoms with Gasteiger partial charge in [0.15, 0.2) is 5.22 Å². The summed E-state index contributed by atoms with van der Waals surface area (Å²) in [7, 11) is 1.84. The van der Waals surface area contributed by atoms with Crippen LogP contribution in [0.3, 0.4) is 0 Å². The van der Waals surface area contributed by atoms with Crippen molar-refractivity contribution >= 4 is 11.6 Å². The number of hydrogen-bond donors (Lipinski definition) is 2. The van der Waals surface area contributed by atoms with Crippen LogP contribution in [0.25, 0.3) is 0 Å². The summed E-state index contributed by atoms with van der Waals surface area (Å²) in [4.78, 5) is 0. The third-order valence-corrected chi connectivity index (χ3v) is 2.28. The van der Waals surface area contributed by atoms with Crippen molar-refractivity contribution in [2.75, 3.05) is 0 Å². The molecule has 0 fully saturated rings. The summed E-state index contributed by atoms with van der Waals surface area (Å²) in [6, 6.07) is 5.02. The number of hydrogen-bond acceptors (Lipinski definition) is 4. The average molecular weight is 227 g/mol. The molecule has 0 bridgehead atoms. The molecule has 15 heavy (non-hydrogen) atoms. The topological polar surface area (TPSA) is 69.0 Å². The SMILES string of the molecule is Cn1ccc(C(NN)c2ccc(Cl)o2)n1. The molecule has 2 rings (SSSR count). The van der Waals surface area contributed by atoms with Crippen molar-refractivity contribution in [3.05, 3.63) is 41.1 Å². The van der Waals surface area contributed by atoms with Gasteiger partial charge in [-0.3, -0.25) is 10.5 Å². The van der Waals surface area contributed by atoms with E-state index in [1.54, 1.807) is 16.8 Å². The van der Waals surface area contributed by atoms with Crippen LogP contribution in [-0.4, -0.2) is 9.78 Å². The van der Waals surface area contributed by atoms with E-state index in [2.05, 4.69) is 10.5 Å². The van der Waals surface area contributed by atoms with Gasteiger partial charge in [-0.25, -0.2) is 5.43 Å². The van der Waals surface area contributed by atoms with E-state index in [9.17, 15) is 0 Å². The summed E-state index contributed by atoms with van der Waals surface area (Å²) in [5.74, 6) is 6.09. The second kappa shape index (κ2) is 4.06. The van der Waals surface area contributed by atoms with Gasteiger partial charge in [-0.2, -0.15) is 5.10 Å². The Kier molecular flexibility index (Phi) is 2.77. The molecule has 6 heteroatoms. The molecule has 0 aliphatic rings. The third-order valence-electron chi connectivity index (χ3n) is 2.08. The Morgan fingerprint density at radius 3 is 2.80 bits per heavy atom. The van der Waals surface area contributed by atoms with Crippen LogP contribution in [0.4, 0.5) is 0 Å². The van der Waals surface area contributed by atoms with Crippen LogP contribution in [0.5, 0.6) is 0 Å². The lowest BCUT2D eigenvalue weighted by atomic mass is 10.2. The zero-order valence-electron chi connectivity index (χ0n) is 8.14. The van der Waals surface area contributed by atoms with E-state index in [4.69, 9.17) is 21.9 Å². The Labute approximate surface area is 91.8 Å². The molecule has 0 saturated carbocycles. The lowest BCUT2D eigenvalue weighted by Gasteiger charge is -2.09. The first-order chi connectivity index (χ1) is 7.20. The number of nitrogens with two attached hydrogens (primary N) is 1. The standard InChI is InChI=1S/C9H11ClN4O/c1-14-5-4-6(13-14)9(12-11)7-2-3-8(10)15-7/h2-5,9,12H,11H2,1H3. The number of halogens is 1. The first-order valence-corrected chi connectivity index (χ1v) is 4.79. The molecule has 0 radical (unpaired) electrons. The molecule has 0 aliphatic heterocycles. The van der Waals surface area contributed by atoms with Gasteiger partial charge in [0.2, 0.25) is 0 Å². The molecule has 0 saturated heterocycles. The molecule has 2 aromatic heterocycles. The highest BCUT2D eigenvalue weighted by molar-refractivity contribution is 6.28. The normalized spacial score (nSPS) is 13.0. The summed E-state index contributed by atoms with van der Waals surface area (Å²) in [6.07, 6.45) is 1.84. The zero-order chi connectivity index (χ0) is 10.8. The van der Waals surface area contributed by atoms with Gasteiger partial charge in [-0.05, 0) is 29.8 Å². The van der Waals surface area contributed by atoms with Crippen molar-refractivity contribution < 1.29 is 4.42 Å². The third kappa shape index (κ3) is 2.04. The highest BCUT2D eigenvalue weighted by Crippen LogP contribution is 2.23. The Balaban J connectivity index is 2.32. The number of hydrazine groups is 1.